The predicted molar refractivity (Wildman–Crippen MR) is 80.8 cm³/mol. The first-order valence-corrected chi connectivity index (χ1v) is 6.96. The van der Waals surface area contributed by atoms with E-state index in [-0.39, 0.29) is 17.3 Å². The van der Waals surface area contributed by atoms with E-state index in [1.54, 1.807) is 17.4 Å². The fraction of sp³-hybridized carbons (Fsp3) is 0.308. The minimum atomic E-state index is -0.564. The van der Waals surface area contributed by atoms with Gasteiger partial charge in [0, 0.05) is 4.88 Å². The van der Waals surface area contributed by atoms with Crippen LogP contribution in [-0.4, -0.2) is 15.9 Å². The largest absolute Gasteiger partial charge is 0.397 e. The SMILES string of the molecule is Cc1nc(C)c(C(C)Nc2cc(C(N)=O)c(N)cn2)s1. The summed E-state index contributed by atoms with van der Waals surface area (Å²) in [6.07, 6.45) is 1.43. The molecule has 0 aliphatic heterocycles. The van der Waals surface area contributed by atoms with Gasteiger partial charge in [-0.25, -0.2) is 9.97 Å². The third-order valence-electron chi connectivity index (χ3n) is 2.90. The average Bonchev–Trinajstić information content (AvgIpc) is 2.70. The predicted octanol–water partition coefficient (Wildman–Crippen LogP) is 2.01. The lowest BCUT2D eigenvalue weighted by molar-refractivity contribution is 0.100. The van der Waals surface area contributed by atoms with Gasteiger partial charge in [0.2, 0.25) is 0 Å². The summed E-state index contributed by atoms with van der Waals surface area (Å²) >= 11 is 1.64. The molecule has 1 atom stereocenters. The van der Waals surface area contributed by atoms with E-state index in [9.17, 15) is 4.79 Å². The Balaban J connectivity index is 2.24. The number of hydrogen-bond acceptors (Lipinski definition) is 6. The van der Waals surface area contributed by atoms with Gasteiger partial charge in [0.1, 0.15) is 5.82 Å². The molecule has 0 saturated carbocycles. The van der Waals surface area contributed by atoms with Crippen LogP contribution in [0.1, 0.15) is 38.9 Å². The number of nitrogens with two attached hydrogens (primary N) is 2. The fourth-order valence-corrected chi connectivity index (χ4v) is 2.92. The molecule has 0 spiro atoms. The highest BCUT2D eigenvalue weighted by Crippen LogP contribution is 2.27. The number of pyridine rings is 1. The second kappa shape index (κ2) is 5.46. The molecular weight excluding hydrogens is 274 g/mol. The highest BCUT2D eigenvalue weighted by atomic mass is 32.1. The number of nitrogens with one attached hydrogen (secondary N) is 1. The van der Waals surface area contributed by atoms with Crippen molar-refractivity contribution in [2.24, 2.45) is 5.73 Å². The van der Waals surface area contributed by atoms with Crippen molar-refractivity contribution >= 4 is 28.7 Å². The van der Waals surface area contributed by atoms with Gasteiger partial charge in [-0.1, -0.05) is 0 Å². The van der Waals surface area contributed by atoms with Gasteiger partial charge in [-0.15, -0.1) is 11.3 Å². The molecule has 0 saturated heterocycles. The standard InChI is InChI=1S/C13H17N5OS/c1-6-12(20-8(3)17-6)7(2)18-11-4-9(13(15)19)10(14)5-16-11/h4-5,7H,14H2,1-3H3,(H2,15,19)(H,16,18). The molecule has 7 heteroatoms. The number of nitrogens with zero attached hydrogens (tertiary/aromatic N) is 2. The maximum atomic E-state index is 11.3. The number of carbonyl (C=O) groups excluding carboxylic acids is 1. The number of primary amides is 1. The maximum Gasteiger partial charge on any atom is 0.250 e. The number of nitrogen functional groups attached to an aromatic ring is 1. The highest BCUT2D eigenvalue weighted by Gasteiger charge is 2.14. The zero-order chi connectivity index (χ0) is 14.9. The van der Waals surface area contributed by atoms with E-state index in [1.807, 2.05) is 20.8 Å². The van der Waals surface area contributed by atoms with Crippen molar-refractivity contribution in [3.63, 3.8) is 0 Å². The van der Waals surface area contributed by atoms with Crippen LogP contribution in [0.2, 0.25) is 0 Å². The van der Waals surface area contributed by atoms with Crippen molar-refractivity contribution in [2.75, 3.05) is 11.1 Å². The number of aromatic nitrogens is 2. The lowest BCUT2D eigenvalue weighted by atomic mass is 10.2. The molecule has 5 N–H and O–H groups in total. The first-order valence-electron chi connectivity index (χ1n) is 6.14. The summed E-state index contributed by atoms with van der Waals surface area (Å²) in [5.41, 5.74) is 12.5. The van der Waals surface area contributed by atoms with E-state index in [2.05, 4.69) is 15.3 Å². The summed E-state index contributed by atoms with van der Waals surface area (Å²) in [5, 5.41) is 4.25. The molecule has 0 radical (unpaired) electrons. The zero-order valence-corrected chi connectivity index (χ0v) is 12.4. The minimum Gasteiger partial charge on any atom is -0.397 e. The van der Waals surface area contributed by atoms with E-state index in [1.165, 1.54) is 6.20 Å². The summed E-state index contributed by atoms with van der Waals surface area (Å²) in [6, 6.07) is 1.61. The van der Waals surface area contributed by atoms with Gasteiger partial charge in [-0.05, 0) is 26.8 Å². The third-order valence-corrected chi connectivity index (χ3v) is 4.15. The molecule has 0 aliphatic carbocycles. The van der Waals surface area contributed by atoms with E-state index in [0.717, 1.165) is 15.6 Å². The lowest BCUT2D eigenvalue weighted by Gasteiger charge is -2.14. The van der Waals surface area contributed by atoms with Gasteiger partial charge in [0.25, 0.3) is 5.91 Å². The van der Waals surface area contributed by atoms with E-state index >= 15 is 0 Å². The van der Waals surface area contributed by atoms with Crippen molar-refractivity contribution in [3.8, 4) is 0 Å². The number of aryl methyl sites for hydroxylation is 2. The van der Waals surface area contributed by atoms with E-state index in [0.29, 0.717) is 5.82 Å². The average molecular weight is 291 g/mol. The normalized spacial score (nSPS) is 12.2. The first-order chi connectivity index (χ1) is 9.38. The Bertz CT molecular complexity index is 652. The van der Waals surface area contributed by atoms with Crippen LogP contribution in [0.5, 0.6) is 0 Å². The zero-order valence-electron chi connectivity index (χ0n) is 11.6. The van der Waals surface area contributed by atoms with E-state index in [4.69, 9.17) is 11.5 Å². The summed E-state index contributed by atoms with van der Waals surface area (Å²) in [7, 11) is 0. The molecular formula is C13H17N5OS. The number of thiazole rings is 1. The molecule has 1 unspecified atom stereocenters. The van der Waals surface area contributed by atoms with Crippen LogP contribution in [0.3, 0.4) is 0 Å². The van der Waals surface area contributed by atoms with Crippen molar-refractivity contribution in [3.05, 3.63) is 33.4 Å². The minimum absolute atomic E-state index is 0.0399. The van der Waals surface area contributed by atoms with Crippen LogP contribution in [0.15, 0.2) is 12.3 Å². The second-order valence-corrected chi connectivity index (χ2v) is 5.80. The Kier molecular flexibility index (Phi) is 3.89. The smallest absolute Gasteiger partial charge is 0.250 e. The highest BCUT2D eigenvalue weighted by molar-refractivity contribution is 7.11. The van der Waals surface area contributed by atoms with Gasteiger partial charge in [-0.3, -0.25) is 4.79 Å². The Morgan fingerprint density at radius 1 is 1.45 bits per heavy atom. The third kappa shape index (κ3) is 2.88. The topological polar surface area (TPSA) is 107 Å². The summed E-state index contributed by atoms with van der Waals surface area (Å²) < 4.78 is 0. The molecule has 0 aromatic carbocycles. The van der Waals surface area contributed by atoms with Gasteiger partial charge < -0.3 is 16.8 Å². The van der Waals surface area contributed by atoms with Crippen molar-refractivity contribution in [1.29, 1.82) is 0 Å². The number of hydrogen-bond donors (Lipinski definition) is 3. The number of carbonyl (C=O) groups is 1. The molecule has 2 aromatic heterocycles. The molecule has 2 heterocycles. The van der Waals surface area contributed by atoms with Gasteiger partial charge in [-0.2, -0.15) is 0 Å². The molecule has 0 aliphatic rings. The molecule has 0 bridgehead atoms. The Morgan fingerprint density at radius 3 is 2.70 bits per heavy atom. The quantitative estimate of drug-likeness (QED) is 0.798. The molecule has 0 fully saturated rings. The number of rotatable bonds is 4. The van der Waals surface area contributed by atoms with Gasteiger partial charge >= 0.3 is 0 Å². The van der Waals surface area contributed by atoms with Crippen LogP contribution in [-0.2, 0) is 0 Å². The van der Waals surface area contributed by atoms with Gasteiger partial charge in [0.05, 0.1) is 34.2 Å². The van der Waals surface area contributed by atoms with Crippen molar-refractivity contribution in [2.45, 2.75) is 26.8 Å². The van der Waals surface area contributed by atoms with Crippen molar-refractivity contribution in [1.82, 2.24) is 9.97 Å². The first kappa shape index (κ1) is 14.3. The Labute approximate surface area is 121 Å². The lowest BCUT2D eigenvalue weighted by Crippen LogP contribution is -2.15. The molecule has 6 nitrogen and oxygen atoms in total. The van der Waals surface area contributed by atoms with Crippen LogP contribution < -0.4 is 16.8 Å². The molecule has 1 amide bonds. The van der Waals surface area contributed by atoms with Gasteiger partial charge in [0.15, 0.2) is 0 Å². The monoisotopic (exact) mass is 291 g/mol. The van der Waals surface area contributed by atoms with Crippen LogP contribution in [0.25, 0.3) is 0 Å². The molecule has 20 heavy (non-hydrogen) atoms. The van der Waals surface area contributed by atoms with Crippen molar-refractivity contribution < 1.29 is 4.79 Å². The van der Waals surface area contributed by atoms with Crippen LogP contribution in [0.4, 0.5) is 11.5 Å². The second-order valence-electron chi connectivity index (χ2n) is 4.57. The molecule has 106 valence electrons. The summed E-state index contributed by atoms with van der Waals surface area (Å²) in [6.45, 7) is 5.96. The van der Waals surface area contributed by atoms with E-state index < -0.39 is 5.91 Å². The Hall–Kier alpha value is -2.15. The maximum absolute atomic E-state index is 11.3. The summed E-state index contributed by atoms with van der Waals surface area (Å²) in [5.74, 6) is -0.00336. The molecule has 2 rings (SSSR count). The fourth-order valence-electron chi connectivity index (χ4n) is 1.99. The van der Waals surface area contributed by atoms with Crippen LogP contribution in [0, 0.1) is 13.8 Å². The Morgan fingerprint density at radius 2 is 2.15 bits per heavy atom. The number of amides is 1. The summed E-state index contributed by atoms with van der Waals surface area (Å²) in [4.78, 5) is 21.0. The molecule has 2 aromatic rings. The number of anilines is 2. The van der Waals surface area contributed by atoms with Crippen LogP contribution >= 0.6 is 11.3 Å².